The molecule has 0 heterocycles. The van der Waals surface area contributed by atoms with Gasteiger partial charge in [-0.2, -0.15) is 0 Å². The van der Waals surface area contributed by atoms with E-state index in [1.54, 1.807) is 6.07 Å². The van der Waals surface area contributed by atoms with Gasteiger partial charge in [-0.05, 0) is 36.0 Å². The van der Waals surface area contributed by atoms with Crippen molar-refractivity contribution in [1.82, 2.24) is 0 Å². The minimum absolute atomic E-state index is 0.0634. The zero-order chi connectivity index (χ0) is 10.8. The molecule has 0 saturated heterocycles. The number of aryl methyl sites for hydroxylation is 1. The van der Waals surface area contributed by atoms with Gasteiger partial charge in [-0.1, -0.05) is 39.3 Å². The molecular weight excluding hydrogens is 175 g/mol. The summed E-state index contributed by atoms with van der Waals surface area (Å²) in [7, 11) is 0. The van der Waals surface area contributed by atoms with Gasteiger partial charge in [0.2, 0.25) is 0 Å². The van der Waals surface area contributed by atoms with Crippen molar-refractivity contribution in [3.8, 4) is 0 Å². The molecule has 14 heavy (non-hydrogen) atoms. The van der Waals surface area contributed by atoms with Crippen molar-refractivity contribution in [1.29, 1.82) is 0 Å². The molecule has 0 radical (unpaired) electrons. The highest BCUT2D eigenvalue weighted by Crippen LogP contribution is 2.26. The van der Waals surface area contributed by atoms with Crippen molar-refractivity contribution < 1.29 is 4.39 Å². The summed E-state index contributed by atoms with van der Waals surface area (Å²) < 4.78 is 13.5. The monoisotopic (exact) mass is 194 g/mol. The average Bonchev–Trinajstić information content (AvgIpc) is 2.10. The number of hydrogen-bond acceptors (Lipinski definition) is 0. The summed E-state index contributed by atoms with van der Waals surface area (Å²) in [6.45, 7) is 8.41. The second-order valence-corrected chi connectivity index (χ2v) is 4.79. The summed E-state index contributed by atoms with van der Waals surface area (Å²) in [5.74, 6) is -0.0634. The van der Waals surface area contributed by atoms with Crippen LogP contribution in [0, 0.1) is 18.2 Å². The first-order valence-corrected chi connectivity index (χ1v) is 5.19. The van der Waals surface area contributed by atoms with E-state index in [4.69, 9.17) is 0 Å². The normalized spacial score (nSPS) is 11.8. The van der Waals surface area contributed by atoms with Crippen LogP contribution in [0.4, 0.5) is 4.39 Å². The Morgan fingerprint density at radius 1 is 1.29 bits per heavy atom. The first-order chi connectivity index (χ1) is 6.44. The van der Waals surface area contributed by atoms with Crippen molar-refractivity contribution in [3.63, 3.8) is 0 Å². The Morgan fingerprint density at radius 3 is 2.43 bits per heavy atom. The summed E-state index contributed by atoms with van der Waals surface area (Å²) in [5.41, 5.74) is 2.01. The maximum Gasteiger partial charge on any atom is 0.126 e. The highest BCUT2D eigenvalue weighted by molar-refractivity contribution is 5.24. The molecule has 1 heteroatoms. The van der Waals surface area contributed by atoms with Crippen LogP contribution < -0.4 is 0 Å². The van der Waals surface area contributed by atoms with Gasteiger partial charge < -0.3 is 0 Å². The fourth-order valence-corrected chi connectivity index (χ4v) is 1.44. The second kappa shape index (κ2) is 4.12. The maximum absolute atomic E-state index is 13.5. The minimum Gasteiger partial charge on any atom is -0.207 e. The lowest BCUT2D eigenvalue weighted by molar-refractivity contribution is 0.343. The molecule has 0 amide bonds. The summed E-state index contributed by atoms with van der Waals surface area (Å²) in [4.78, 5) is 0. The van der Waals surface area contributed by atoms with Gasteiger partial charge in [-0.25, -0.2) is 4.39 Å². The molecule has 0 unspecified atom stereocenters. The highest BCUT2D eigenvalue weighted by atomic mass is 19.1. The van der Waals surface area contributed by atoms with Crippen molar-refractivity contribution in [3.05, 3.63) is 35.1 Å². The van der Waals surface area contributed by atoms with E-state index in [9.17, 15) is 4.39 Å². The number of benzene rings is 1. The zero-order valence-electron chi connectivity index (χ0n) is 9.52. The lowest BCUT2D eigenvalue weighted by Crippen LogP contribution is -2.14. The Balaban J connectivity index is 2.87. The standard InChI is InChI=1S/C13H19F/c1-5-13(3,4)9-11-7-6-10(2)8-12(11)14/h6-8H,5,9H2,1-4H3. The van der Waals surface area contributed by atoms with E-state index >= 15 is 0 Å². The van der Waals surface area contributed by atoms with Gasteiger partial charge in [0.15, 0.2) is 0 Å². The van der Waals surface area contributed by atoms with Gasteiger partial charge in [0, 0.05) is 0 Å². The number of halogens is 1. The van der Waals surface area contributed by atoms with E-state index in [0.717, 1.165) is 24.0 Å². The molecular formula is C13H19F. The fourth-order valence-electron chi connectivity index (χ4n) is 1.44. The van der Waals surface area contributed by atoms with Gasteiger partial charge in [-0.15, -0.1) is 0 Å². The molecule has 78 valence electrons. The summed E-state index contributed by atoms with van der Waals surface area (Å²) in [5, 5.41) is 0. The van der Waals surface area contributed by atoms with Gasteiger partial charge in [-0.3, -0.25) is 0 Å². The molecule has 1 aromatic rings. The molecule has 0 aromatic heterocycles. The van der Waals surface area contributed by atoms with Gasteiger partial charge in [0.05, 0.1) is 0 Å². The zero-order valence-corrected chi connectivity index (χ0v) is 9.52. The fraction of sp³-hybridized carbons (Fsp3) is 0.538. The van der Waals surface area contributed by atoms with Crippen LogP contribution in [0.15, 0.2) is 18.2 Å². The summed E-state index contributed by atoms with van der Waals surface area (Å²) in [6, 6.07) is 5.49. The molecule has 0 aliphatic heterocycles. The van der Waals surface area contributed by atoms with Crippen LogP contribution >= 0.6 is 0 Å². The minimum atomic E-state index is -0.0634. The third-order valence-corrected chi connectivity index (χ3v) is 2.83. The molecule has 0 saturated carbocycles. The molecule has 1 aromatic carbocycles. The van der Waals surface area contributed by atoms with Crippen molar-refractivity contribution in [2.24, 2.45) is 5.41 Å². The lowest BCUT2D eigenvalue weighted by Gasteiger charge is -2.22. The third kappa shape index (κ3) is 2.83. The molecule has 0 nitrogen and oxygen atoms in total. The first-order valence-electron chi connectivity index (χ1n) is 5.19. The van der Waals surface area contributed by atoms with E-state index in [-0.39, 0.29) is 11.2 Å². The SMILES string of the molecule is CCC(C)(C)Cc1ccc(C)cc1F. The van der Waals surface area contributed by atoms with Gasteiger partial charge in [0.25, 0.3) is 0 Å². The Morgan fingerprint density at radius 2 is 1.93 bits per heavy atom. The molecule has 1 rings (SSSR count). The molecule has 0 atom stereocenters. The quantitative estimate of drug-likeness (QED) is 0.679. The number of rotatable bonds is 3. The third-order valence-electron chi connectivity index (χ3n) is 2.83. The predicted octanol–water partition coefficient (Wildman–Crippen LogP) is 4.11. The van der Waals surface area contributed by atoms with Gasteiger partial charge in [0.1, 0.15) is 5.82 Å². The van der Waals surface area contributed by atoms with Crippen LogP contribution in [0.25, 0.3) is 0 Å². The van der Waals surface area contributed by atoms with E-state index in [2.05, 4.69) is 20.8 Å². The molecule has 0 N–H and O–H groups in total. The van der Waals surface area contributed by atoms with E-state index in [0.29, 0.717) is 0 Å². The Kier molecular flexibility index (Phi) is 3.30. The molecule has 0 aliphatic rings. The van der Waals surface area contributed by atoms with Crippen LogP contribution in [0.2, 0.25) is 0 Å². The first kappa shape index (κ1) is 11.2. The molecule has 0 aliphatic carbocycles. The van der Waals surface area contributed by atoms with Crippen molar-refractivity contribution in [2.75, 3.05) is 0 Å². The topological polar surface area (TPSA) is 0 Å². The molecule has 0 bridgehead atoms. The Labute approximate surface area is 86.2 Å². The van der Waals surface area contributed by atoms with Crippen LogP contribution in [0.1, 0.15) is 38.3 Å². The summed E-state index contributed by atoms with van der Waals surface area (Å²) >= 11 is 0. The molecule has 0 spiro atoms. The lowest BCUT2D eigenvalue weighted by atomic mass is 9.83. The Bertz CT molecular complexity index is 313. The van der Waals surface area contributed by atoms with E-state index < -0.39 is 0 Å². The van der Waals surface area contributed by atoms with Crippen LogP contribution in [-0.4, -0.2) is 0 Å². The highest BCUT2D eigenvalue weighted by Gasteiger charge is 2.17. The van der Waals surface area contributed by atoms with E-state index in [1.165, 1.54) is 0 Å². The average molecular weight is 194 g/mol. The molecule has 0 fully saturated rings. The smallest absolute Gasteiger partial charge is 0.126 e. The van der Waals surface area contributed by atoms with Crippen LogP contribution in [0.3, 0.4) is 0 Å². The number of hydrogen-bond donors (Lipinski definition) is 0. The Hall–Kier alpha value is -0.850. The van der Waals surface area contributed by atoms with Gasteiger partial charge >= 0.3 is 0 Å². The van der Waals surface area contributed by atoms with Crippen LogP contribution in [-0.2, 0) is 6.42 Å². The largest absolute Gasteiger partial charge is 0.207 e. The van der Waals surface area contributed by atoms with E-state index in [1.807, 2.05) is 19.1 Å². The maximum atomic E-state index is 13.5. The predicted molar refractivity (Wildman–Crippen MR) is 58.9 cm³/mol. The van der Waals surface area contributed by atoms with Crippen LogP contribution in [0.5, 0.6) is 0 Å². The van der Waals surface area contributed by atoms with Crippen molar-refractivity contribution in [2.45, 2.75) is 40.5 Å². The van der Waals surface area contributed by atoms with Crippen molar-refractivity contribution >= 4 is 0 Å². The second-order valence-electron chi connectivity index (χ2n) is 4.79. The summed E-state index contributed by atoms with van der Waals surface area (Å²) in [6.07, 6.45) is 1.88.